The zero-order valence-electron chi connectivity index (χ0n) is 6.75. The predicted molar refractivity (Wildman–Crippen MR) is 47.3 cm³/mol. The third kappa shape index (κ3) is 1.96. The minimum Gasteiger partial charge on any atom is -0.293 e. The molecule has 0 radical (unpaired) electrons. The second-order valence-corrected chi connectivity index (χ2v) is 2.27. The van der Waals surface area contributed by atoms with Crippen molar-refractivity contribution in [1.82, 2.24) is 19.9 Å². The Morgan fingerprint density at radius 2 is 1.08 bits per heavy atom. The lowest BCUT2D eigenvalue weighted by Crippen LogP contribution is -1.99. The summed E-state index contributed by atoms with van der Waals surface area (Å²) < 4.78 is 0. The topological polar surface area (TPSA) is 63.6 Å². The Hall–Kier alpha value is -2.04. The average molecular weight is 173 g/mol. The molecule has 2 aromatic rings. The van der Waals surface area contributed by atoms with Crippen molar-refractivity contribution in [3.63, 3.8) is 0 Å². The highest BCUT2D eigenvalue weighted by molar-refractivity contribution is 5.40. The summed E-state index contributed by atoms with van der Waals surface area (Å²) in [7, 11) is 0. The number of aromatic nitrogens is 4. The zero-order chi connectivity index (χ0) is 8.93. The molecule has 0 unspecified atom stereocenters. The Morgan fingerprint density at radius 3 is 1.46 bits per heavy atom. The van der Waals surface area contributed by atoms with E-state index in [0.29, 0.717) is 11.9 Å². The van der Waals surface area contributed by atoms with Crippen molar-refractivity contribution < 1.29 is 0 Å². The Labute approximate surface area is 74.9 Å². The fourth-order valence-electron chi connectivity index (χ4n) is 0.827. The number of rotatable bonds is 2. The molecule has 0 aliphatic heterocycles. The van der Waals surface area contributed by atoms with E-state index >= 15 is 0 Å². The number of nitrogens with zero attached hydrogens (tertiary/aromatic N) is 4. The molecule has 0 aliphatic carbocycles. The molecule has 0 aliphatic rings. The highest BCUT2D eigenvalue weighted by atomic mass is 15.2. The van der Waals surface area contributed by atoms with Crippen LogP contribution in [0.4, 0.5) is 11.9 Å². The summed E-state index contributed by atoms with van der Waals surface area (Å²) in [6.07, 6.45) is 6.60. The van der Waals surface area contributed by atoms with Crippen molar-refractivity contribution in [3.05, 3.63) is 36.9 Å². The average Bonchev–Trinajstić information content (AvgIpc) is 2.21. The largest absolute Gasteiger partial charge is 0.293 e. The van der Waals surface area contributed by atoms with Gasteiger partial charge >= 0.3 is 0 Å². The van der Waals surface area contributed by atoms with Crippen LogP contribution < -0.4 is 5.32 Å². The highest BCUT2D eigenvalue weighted by Gasteiger charge is 1.95. The molecule has 0 amide bonds. The van der Waals surface area contributed by atoms with Gasteiger partial charge in [0.05, 0.1) is 0 Å². The third-order valence-corrected chi connectivity index (χ3v) is 1.36. The zero-order valence-corrected chi connectivity index (χ0v) is 6.75. The minimum atomic E-state index is 0.494. The fraction of sp³-hybridized carbons (Fsp3) is 0. The van der Waals surface area contributed by atoms with Crippen LogP contribution in [0, 0.1) is 0 Å². The van der Waals surface area contributed by atoms with Crippen LogP contribution >= 0.6 is 0 Å². The van der Waals surface area contributed by atoms with Gasteiger partial charge in [0.2, 0.25) is 11.9 Å². The summed E-state index contributed by atoms with van der Waals surface area (Å²) in [5.41, 5.74) is 0. The summed E-state index contributed by atoms with van der Waals surface area (Å²) in [6.45, 7) is 0. The van der Waals surface area contributed by atoms with Gasteiger partial charge < -0.3 is 0 Å². The molecule has 1 N–H and O–H groups in total. The first-order valence-electron chi connectivity index (χ1n) is 3.76. The van der Waals surface area contributed by atoms with Crippen LogP contribution in [0.2, 0.25) is 0 Å². The van der Waals surface area contributed by atoms with Gasteiger partial charge in [-0.25, -0.2) is 19.9 Å². The molecule has 64 valence electrons. The molecular weight excluding hydrogens is 166 g/mol. The van der Waals surface area contributed by atoms with E-state index in [2.05, 4.69) is 25.3 Å². The normalized spacial score (nSPS) is 9.54. The van der Waals surface area contributed by atoms with Gasteiger partial charge in [0.25, 0.3) is 0 Å². The fourth-order valence-corrected chi connectivity index (χ4v) is 0.827. The maximum absolute atomic E-state index is 3.97. The van der Waals surface area contributed by atoms with E-state index in [1.807, 2.05) is 0 Å². The van der Waals surface area contributed by atoms with E-state index in [-0.39, 0.29) is 0 Å². The lowest BCUT2D eigenvalue weighted by molar-refractivity contribution is 1.10. The maximum atomic E-state index is 3.97. The van der Waals surface area contributed by atoms with E-state index in [0.717, 1.165) is 0 Å². The van der Waals surface area contributed by atoms with Crippen molar-refractivity contribution in [2.45, 2.75) is 0 Å². The lowest BCUT2D eigenvalue weighted by Gasteiger charge is -1.99. The van der Waals surface area contributed by atoms with Gasteiger partial charge in [-0.05, 0) is 12.1 Å². The molecule has 5 heteroatoms. The molecule has 2 heterocycles. The first-order chi connectivity index (χ1) is 6.45. The van der Waals surface area contributed by atoms with Crippen molar-refractivity contribution in [2.24, 2.45) is 0 Å². The molecule has 13 heavy (non-hydrogen) atoms. The third-order valence-electron chi connectivity index (χ3n) is 1.36. The van der Waals surface area contributed by atoms with Crippen molar-refractivity contribution in [1.29, 1.82) is 0 Å². The van der Waals surface area contributed by atoms with Crippen LogP contribution in [0.15, 0.2) is 36.9 Å². The first-order valence-corrected chi connectivity index (χ1v) is 3.76. The maximum Gasteiger partial charge on any atom is 0.229 e. The Morgan fingerprint density at radius 1 is 0.692 bits per heavy atom. The first kappa shape index (κ1) is 7.60. The smallest absolute Gasteiger partial charge is 0.229 e. The Kier molecular flexibility index (Phi) is 2.09. The Balaban J connectivity index is 2.16. The van der Waals surface area contributed by atoms with E-state index < -0.39 is 0 Å². The summed E-state index contributed by atoms with van der Waals surface area (Å²) in [4.78, 5) is 15.9. The van der Waals surface area contributed by atoms with E-state index in [9.17, 15) is 0 Å². The van der Waals surface area contributed by atoms with Crippen LogP contribution in [-0.2, 0) is 0 Å². The van der Waals surface area contributed by atoms with E-state index in [1.54, 1.807) is 36.9 Å². The standard InChI is InChI=1S/C8H7N5/c1-3-9-7(10-4-1)13-8-11-5-2-6-12-8/h1-6H,(H,9,10,11,12,13). The van der Waals surface area contributed by atoms with Gasteiger partial charge in [0.1, 0.15) is 0 Å². The van der Waals surface area contributed by atoms with E-state index in [4.69, 9.17) is 0 Å². The number of nitrogens with one attached hydrogen (secondary N) is 1. The number of hydrogen-bond donors (Lipinski definition) is 1. The summed E-state index contributed by atoms with van der Waals surface area (Å²) in [5.74, 6) is 0.988. The van der Waals surface area contributed by atoms with Gasteiger partial charge in [0.15, 0.2) is 0 Å². The second-order valence-electron chi connectivity index (χ2n) is 2.27. The van der Waals surface area contributed by atoms with Gasteiger partial charge in [0, 0.05) is 24.8 Å². The molecule has 0 saturated carbocycles. The molecule has 2 rings (SSSR count). The van der Waals surface area contributed by atoms with Crippen molar-refractivity contribution in [2.75, 3.05) is 5.32 Å². The molecule has 0 spiro atoms. The number of anilines is 2. The second kappa shape index (κ2) is 3.57. The molecule has 0 atom stereocenters. The van der Waals surface area contributed by atoms with Crippen LogP contribution in [0.25, 0.3) is 0 Å². The summed E-state index contributed by atoms with van der Waals surface area (Å²) in [5, 5.41) is 2.86. The van der Waals surface area contributed by atoms with Gasteiger partial charge in [-0.2, -0.15) is 0 Å². The monoisotopic (exact) mass is 173 g/mol. The number of hydrogen-bond acceptors (Lipinski definition) is 5. The molecule has 2 aromatic heterocycles. The molecule has 0 aromatic carbocycles. The van der Waals surface area contributed by atoms with E-state index in [1.165, 1.54) is 0 Å². The van der Waals surface area contributed by atoms with Gasteiger partial charge in [-0.1, -0.05) is 0 Å². The van der Waals surface area contributed by atoms with Crippen molar-refractivity contribution in [3.8, 4) is 0 Å². The molecule has 0 fully saturated rings. The molecule has 0 bridgehead atoms. The summed E-state index contributed by atoms with van der Waals surface area (Å²) in [6, 6.07) is 3.49. The molecule has 5 nitrogen and oxygen atoms in total. The van der Waals surface area contributed by atoms with Crippen molar-refractivity contribution >= 4 is 11.9 Å². The minimum absolute atomic E-state index is 0.494. The van der Waals surface area contributed by atoms with Crippen LogP contribution in [-0.4, -0.2) is 19.9 Å². The quantitative estimate of drug-likeness (QED) is 0.734. The Bertz CT molecular complexity index is 323. The SMILES string of the molecule is c1cnc(Nc2ncccn2)nc1. The van der Waals surface area contributed by atoms with Crippen LogP contribution in [0.3, 0.4) is 0 Å². The predicted octanol–water partition coefficient (Wildman–Crippen LogP) is 1.01. The highest BCUT2D eigenvalue weighted by Crippen LogP contribution is 2.02. The van der Waals surface area contributed by atoms with Gasteiger partial charge in [-0.3, -0.25) is 5.32 Å². The van der Waals surface area contributed by atoms with Crippen LogP contribution in [0.1, 0.15) is 0 Å². The summed E-state index contributed by atoms with van der Waals surface area (Å²) >= 11 is 0. The lowest BCUT2D eigenvalue weighted by atomic mass is 10.6. The van der Waals surface area contributed by atoms with Crippen LogP contribution in [0.5, 0.6) is 0 Å². The molecule has 0 saturated heterocycles. The molecular formula is C8H7N5. The van der Waals surface area contributed by atoms with Gasteiger partial charge in [-0.15, -0.1) is 0 Å².